The van der Waals surface area contributed by atoms with E-state index >= 15 is 0 Å². The van der Waals surface area contributed by atoms with Crippen LogP contribution in [0.25, 0.3) is 0 Å². The highest BCUT2D eigenvalue weighted by Gasteiger charge is 2.22. The Hall–Kier alpha value is -4.10. The first-order valence-corrected chi connectivity index (χ1v) is 12.4. The molecule has 1 amide bonds. The first kappa shape index (κ1) is 25.0. The third kappa shape index (κ3) is 7.20. The summed E-state index contributed by atoms with van der Waals surface area (Å²) in [6.07, 6.45) is 0.291. The van der Waals surface area contributed by atoms with Gasteiger partial charge in [-0.3, -0.25) is 4.79 Å². The van der Waals surface area contributed by atoms with Gasteiger partial charge in [-0.05, 0) is 69.9 Å². The Labute approximate surface area is 214 Å². The molecule has 1 unspecified atom stereocenters. The van der Waals surface area contributed by atoms with Crippen LogP contribution in [0, 0.1) is 0 Å². The largest absolute Gasteiger partial charge is 0.489 e. The second-order valence-electron chi connectivity index (χ2n) is 8.12. The highest BCUT2D eigenvalue weighted by atomic mass is 32.1. The van der Waals surface area contributed by atoms with Crippen molar-refractivity contribution in [3.63, 3.8) is 0 Å². The summed E-state index contributed by atoms with van der Waals surface area (Å²) in [6, 6.07) is 25.4. The van der Waals surface area contributed by atoms with E-state index < -0.39 is 12.0 Å². The third-order valence-electron chi connectivity index (χ3n) is 5.50. The van der Waals surface area contributed by atoms with Crippen LogP contribution < -0.4 is 14.8 Å². The lowest BCUT2D eigenvalue weighted by Crippen LogP contribution is -2.43. The highest BCUT2D eigenvalue weighted by Crippen LogP contribution is 2.18. The van der Waals surface area contributed by atoms with E-state index in [1.807, 2.05) is 71.4 Å². The zero-order valence-corrected chi connectivity index (χ0v) is 20.7. The van der Waals surface area contributed by atoms with E-state index in [2.05, 4.69) is 5.32 Å². The fraction of sp³-hybridized carbons (Fsp3) is 0.172. The number of esters is 1. The smallest absolute Gasteiger partial charge is 0.328 e. The molecule has 6 nitrogen and oxygen atoms in total. The van der Waals surface area contributed by atoms with Crippen LogP contribution in [0.2, 0.25) is 0 Å². The molecule has 0 fully saturated rings. The Bertz CT molecular complexity index is 1240. The van der Waals surface area contributed by atoms with Gasteiger partial charge in [-0.1, -0.05) is 42.5 Å². The number of hydrogen-bond acceptors (Lipinski definition) is 6. The van der Waals surface area contributed by atoms with Gasteiger partial charge in [0.05, 0.1) is 7.11 Å². The minimum atomic E-state index is -0.826. The van der Waals surface area contributed by atoms with Crippen LogP contribution >= 0.6 is 11.3 Å². The maximum atomic E-state index is 12.8. The van der Waals surface area contributed by atoms with E-state index in [1.165, 1.54) is 7.11 Å². The van der Waals surface area contributed by atoms with Crippen molar-refractivity contribution in [1.29, 1.82) is 0 Å². The molecule has 1 N–H and O–H groups in total. The molecule has 1 heterocycles. The van der Waals surface area contributed by atoms with E-state index in [0.29, 0.717) is 30.9 Å². The molecule has 0 aliphatic rings. The van der Waals surface area contributed by atoms with Crippen LogP contribution in [0.4, 0.5) is 0 Å². The lowest BCUT2D eigenvalue weighted by atomic mass is 10.0. The Morgan fingerprint density at radius 3 is 2.03 bits per heavy atom. The van der Waals surface area contributed by atoms with Crippen molar-refractivity contribution < 1.29 is 23.8 Å². The maximum absolute atomic E-state index is 12.8. The topological polar surface area (TPSA) is 73.9 Å². The van der Waals surface area contributed by atoms with E-state index in [1.54, 1.807) is 35.6 Å². The van der Waals surface area contributed by atoms with Crippen molar-refractivity contribution in [2.24, 2.45) is 0 Å². The van der Waals surface area contributed by atoms with Crippen LogP contribution in [-0.4, -0.2) is 25.0 Å². The molecule has 0 saturated heterocycles. The maximum Gasteiger partial charge on any atom is 0.328 e. The van der Waals surface area contributed by atoms with Gasteiger partial charge in [0.2, 0.25) is 0 Å². The Morgan fingerprint density at radius 1 is 0.778 bits per heavy atom. The van der Waals surface area contributed by atoms with Crippen LogP contribution in [-0.2, 0) is 29.2 Å². The van der Waals surface area contributed by atoms with E-state index in [9.17, 15) is 9.59 Å². The number of carbonyl (C=O) groups excluding carboxylic acids is 2. The van der Waals surface area contributed by atoms with Crippen molar-refractivity contribution in [2.75, 3.05) is 7.11 Å². The summed E-state index contributed by atoms with van der Waals surface area (Å²) in [5, 5.41) is 6.81. The molecule has 0 saturated carbocycles. The Balaban J connectivity index is 1.33. The van der Waals surface area contributed by atoms with E-state index in [-0.39, 0.29) is 5.91 Å². The summed E-state index contributed by atoms with van der Waals surface area (Å²) in [5.74, 6) is 0.514. The SMILES string of the molecule is COC(=O)C(Cc1ccc(OCc2ccccc2)cc1)NC(=O)c1ccc(OCc2ccsc2)cc1. The monoisotopic (exact) mass is 501 g/mol. The van der Waals surface area contributed by atoms with Gasteiger partial charge in [0, 0.05) is 12.0 Å². The second kappa shape index (κ2) is 12.6. The number of hydrogen-bond donors (Lipinski definition) is 1. The van der Waals surface area contributed by atoms with Crippen molar-refractivity contribution >= 4 is 23.2 Å². The average molecular weight is 502 g/mol. The second-order valence-corrected chi connectivity index (χ2v) is 8.90. The number of carbonyl (C=O) groups is 2. The van der Waals surface area contributed by atoms with Crippen molar-refractivity contribution in [2.45, 2.75) is 25.7 Å². The van der Waals surface area contributed by atoms with E-state index in [0.717, 1.165) is 22.4 Å². The summed E-state index contributed by atoms with van der Waals surface area (Å²) in [5.41, 5.74) is 3.47. The number of amides is 1. The minimum Gasteiger partial charge on any atom is -0.489 e. The van der Waals surface area contributed by atoms with Crippen LogP contribution in [0.5, 0.6) is 11.5 Å². The Kier molecular flexibility index (Phi) is 8.72. The molecule has 36 heavy (non-hydrogen) atoms. The standard InChI is InChI=1S/C29H27NO5S/c1-33-29(32)27(17-21-7-11-25(12-8-21)34-18-22-5-3-2-4-6-22)30-28(31)24-9-13-26(14-10-24)35-19-23-15-16-36-20-23/h2-16,20,27H,17-19H2,1H3,(H,30,31). The number of nitrogens with one attached hydrogen (secondary N) is 1. The van der Waals surface area contributed by atoms with Gasteiger partial charge in [0.1, 0.15) is 30.8 Å². The number of ether oxygens (including phenoxy) is 3. The lowest BCUT2D eigenvalue weighted by molar-refractivity contribution is -0.142. The normalized spacial score (nSPS) is 11.4. The summed E-state index contributed by atoms with van der Waals surface area (Å²) in [6.45, 7) is 0.939. The first-order valence-electron chi connectivity index (χ1n) is 11.5. The van der Waals surface area contributed by atoms with Gasteiger partial charge in [0.25, 0.3) is 5.91 Å². The molecule has 4 aromatic rings. The number of thiophene rings is 1. The van der Waals surface area contributed by atoms with Gasteiger partial charge >= 0.3 is 5.97 Å². The minimum absolute atomic E-state index is 0.291. The molecule has 7 heteroatoms. The Morgan fingerprint density at radius 2 is 1.42 bits per heavy atom. The number of rotatable bonds is 11. The molecule has 0 radical (unpaired) electrons. The number of benzene rings is 3. The molecular formula is C29H27NO5S. The van der Waals surface area contributed by atoms with E-state index in [4.69, 9.17) is 14.2 Å². The molecule has 0 bridgehead atoms. The predicted molar refractivity (Wildman–Crippen MR) is 139 cm³/mol. The molecule has 1 atom stereocenters. The molecular weight excluding hydrogens is 474 g/mol. The molecule has 0 aliphatic heterocycles. The zero-order chi connectivity index (χ0) is 25.2. The molecule has 3 aromatic carbocycles. The number of methoxy groups -OCH3 is 1. The van der Waals surface area contributed by atoms with Gasteiger partial charge in [-0.15, -0.1) is 0 Å². The first-order chi connectivity index (χ1) is 17.6. The van der Waals surface area contributed by atoms with Gasteiger partial charge < -0.3 is 19.5 Å². The lowest BCUT2D eigenvalue weighted by Gasteiger charge is -2.17. The summed E-state index contributed by atoms with van der Waals surface area (Å²) >= 11 is 1.62. The van der Waals surface area contributed by atoms with Crippen LogP contribution in [0.1, 0.15) is 27.0 Å². The van der Waals surface area contributed by atoms with Crippen molar-refractivity contribution in [1.82, 2.24) is 5.32 Å². The van der Waals surface area contributed by atoms with Crippen molar-refractivity contribution in [3.8, 4) is 11.5 Å². The van der Waals surface area contributed by atoms with Crippen LogP contribution in [0.3, 0.4) is 0 Å². The highest BCUT2D eigenvalue weighted by molar-refractivity contribution is 7.07. The molecule has 184 valence electrons. The van der Waals surface area contributed by atoms with Gasteiger partial charge in [-0.2, -0.15) is 11.3 Å². The molecule has 0 aliphatic carbocycles. The molecule has 4 rings (SSSR count). The fourth-order valence-corrected chi connectivity index (χ4v) is 4.17. The summed E-state index contributed by atoms with van der Waals surface area (Å²) < 4.78 is 16.5. The summed E-state index contributed by atoms with van der Waals surface area (Å²) in [7, 11) is 1.31. The molecule has 1 aromatic heterocycles. The van der Waals surface area contributed by atoms with Crippen LogP contribution in [0.15, 0.2) is 95.7 Å². The molecule has 0 spiro atoms. The van der Waals surface area contributed by atoms with Gasteiger partial charge in [0.15, 0.2) is 0 Å². The predicted octanol–water partition coefficient (Wildman–Crippen LogP) is 5.42. The third-order valence-corrected chi connectivity index (χ3v) is 6.24. The summed E-state index contributed by atoms with van der Waals surface area (Å²) in [4.78, 5) is 25.2. The quantitative estimate of drug-likeness (QED) is 0.278. The van der Waals surface area contributed by atoms with Crippen molar-refractivity contribution in [3.05, 3.63) is 118 Å². The fourth-order valence-electron chi connectivity index (χ4n) is 3.52. The van der Waals surface area contributed by atoms with Gasteiger partial charge in [-0.25, -0.2) is 4.79 Å². The zero-order valence-electron chi connectivity index (χ0n) is 19.9. The average Bonchev–Trinajstić information content (AvgIpc) is 3.45.